The predicted molar refractivity (Wildman–Crippen MR) is 104 cm³/mol. The molecule has 5 nitrogen and oxygen atoms in total. The first-order chi connectivity index (χ1) is 13.3. The first kappa shape index (κ1) is 17.9. The third kappa shape index (κ3) is 4.80. The molecule has 142 valence electrons. The summed E-state index contributed by atoms with van der Waals surface area (Å²) in [7, 11) is 0. The van der Waals surface area contributed by atoms with E-state index in [1.807, 2.05) is 18.2 Å². The number of carbonyl (C=O) groups is 1. The summed E-state index contributed by atoms with van der Waals surface area (Å²) in [6.45, 7) is 4.30. The highest BCUT2D eigenvalue weighted by Crippen LogP contribution is 2.32. The normalized spacial score (nSPS) is 15.9. The number of likely N-dealkylation sites (tertiary alicyclic amines) is 1. The van der Waals surface area contributed by atoms with Gasteiger partial charge in [0.1, 0.15) is 0 Å². The molecule has 2 heterocycles. The average Bonchev–Trinajstić information content (AvgIpc) is 3.37. The first-order valence-electron chi connectivity index (χ1n) is 9.72. The molecule has 4 rings (SSSR count). The van der Waals surface area contributed by atoms with Crippen LogP contribution in [0.25, 0.3) is 0 Å². The van der Waals surface area contributed by atoms with Crippen molar-refractivity contribution in [3.05, 3.63) is 59.2 Å². The number of amides is 1. The maximum Gasteiger partial charge on any atom is 0.231 e. The van der Waals surface area contributed by atoms with Gasteiger partial charge in [0.15, 0.2) is 11.5 Å². The summed E-state index contributed by atoms with van der Waals surface area (Å²) < 4.78 is 10.7. The van der Waals surface area contributed by atoms with E-state index in [1.54, 1.807) is 0 Å². The van der Waals surface area contributed by atoms with Crippen molar-refractivity contribution in [2.75, 3.05) is 19.9 Å². The van der Waals surface area contributed by atoms with Crippen LogP contribution in [0.1, 0.15) is 36.0 Å². The van der Waals surface area contributed by atoms with E-state index in [0.717, 1.165) is 29.2 Å². The van der Waals surface area contributed by atoms with Crippen LogP contribution in [-0.2, 0) is 24.3 Å². The summed E-state index contributed by atoms with van der Waals surface area (Å²) in [6.07, 6.45) is 3.79. The van der Waals surface area contributed by atoms with Crippen molar-refractivity contribution in [3.63, 3.8) is 0 Å². The van der Waals surface area contributed by atoms with Gasteiger partial charge in [-0.05, 0) is 61.2 Å². The number of nitrogens with one attached hydrogen (secondary N) is 1. The molecule has 2 aliphatic heterocycles. The van der Waals surface area contributed by atoms with Crippen molar-refractivity contribution < 1.29 is 14.3 Å². The number of carbonyl (C=O) groups excluding carboxylic acids is 1. The van der Waals surface area contributed by atoms with E-state index < -0.39 is 0 Å². The molecule has 2 aromatic rings. The Morgan fingerprint density at radius 2 is 1.63 bits per heavy atom. The van der Waals surface area contributed by atoms with E-state index in [0.29, 0.717) is 19.4 Å². The number of hydrogen-bond acceptors (Lipinski definition) is 4. The molecular formula is C22H26N2O3. The summed E-state index contributed by atoms with van der Waals surface area (Å²) in [4.78, 5) is 14.6. The SMILES string of the molecule is O=C(CCc1ccc2c(c1)OCO2)NCc1ccc(CN2CCCC2)cc1. The number of aryl methyl sites for hydroxylation is 1. The number of hydrogen-bond donors (Lipinski definition) is 1. The number of rotatable bonds is 7. The Bertz CT molecular complexity index is 783. The summed E-state index contributed by atoms with van der Waals surface area (Å²) in [5, 5.41) is 3.01. The van der Waals surface area contributed by atoms with E-state index in [2.05, 4.69) is 34.5 Å². The fourth-order valence-electron chi connectivity index (χ4n) is 3.60. The van der Waals surface area contributed by atoms with E-state index in [1.165, 1.54) is 31.5 Å². The van der Waals surface area contributed by atoms with Crippen molar-refractivity contribution in [3.8, 4) is 11.5 Å². The first-order valence-corrected chi connectivity index (χ1v) is 9.72. The van der Waals surface area contributed by atoms with Gasteiger partial charge in [-0.1, -0.05) is 30.3 Å². The van der Waals surface area contributed by atoms with Crippen LogP contribution < -0.4 is 14.8 Å². The van der Waals surface area contributed by atoms with Crippen LogP contribution in [0.2, 0.25) is 0 Å². The molecule has 1 N–H and O–H groups in total. The molecule has 0 aromatic heterocycles. The molecule has 0 unspecified atom stereocenters. The van der Waals surface area contributed by atoms with Crippen molar-refractivity contribution in [2.45, 2.75) is 38.8 Å². The molecule has 0 atom stereocenters. The van der Waals surface area contributed by atoms with Gasteiger partial charge < -0.3 is 14.8 Å². The van der Waals surface area contributed by atoms with Crippen LogP contribution in [-0.4, -0.2) is 30.7 Å². The largest absolute Gasteiger partial charge is 0.454 e. The minimum atomic E-state index is 0.0637. The number of nitrogens with zero attached hydrogens (tertiary/aromatic N) is 1. The second-order valence-corrected chi connectivity index (χ2v) is 7.26. The van der Waals surface area contributed by atoms with Crippen molar-refractivity contribution in [1.29, 1.82) is 0 Å². The maximum absolute atomic E-state index is 12.1. The molecule has 27 heavy (non-hydrogen) atoms. The lowest BCUT2D eigenvalue weighted by Crippen LogP contribution is -2.23. The Labute approximate surface area is 160 Å². The second-order valence-electron chi connectivity index (χ2n) is 7.26. The topological polar surface area (TPSA) is 50.8 Å². The molecule has 0 radical (unpaired) electrons. The lowest BCUT2D eigenvalue weighted by Gasteiger charge is -2.14. The van der Waals surface area contributed by atoms with Gasteiger partial charge in [0.2, 0.25) is 12.7 Å². The molecule has 2 aromatic carbocycles. The molecule has 1 fully saturated rings. The van der Waals surface area contributed by atoms with E-state index >= 15 is 0 Å². The number of ether oxygens (including phenoxy) is 2. The zero-order valence-electron chi connectivity index (χ0n) is 15.6. The third-order valence-electron chi connectivity index (χ3n) is 5.20. The molecule has 5 heteroatoms. The Balaban J connectivity index is 1.20. The lowest BCUT2D eigenvalue weighted by atomic mass is 10.1. The summed E-state index contributed by atoms with van der Waals surface area (Å²) in [5.74, 6) is 1.60. The summed E-state index contributed by atoms with van der Waals surface area (Å²) in [6, 6.07) is 14.4. The molecule has 0 aliphatic carbocycles. The van der Waals surface area contributed by atoms with Crippen LogP contribution in [0.15, 0.2) is 42.5 Å². The van der Waals surface area contributed by atoms with Gasteiger partial charge in [-0.2, -0.15) is 0 Å². The molecule has 1 saturated heterocycles. The maximum atomic E-state index is 12.1. The van der Waals surface area contributed by atoms with Crippen molar-refractivity contribution in [1.82, 2.24) is 10.2 Å². The molecule has 0 spiro atoms. The fourth-order valence-corrected chi connectivity index (χ4v) is 3.60. The van der Waals surface area contributed by atoms with Crippen molar-refractivity contribution >= 4 is 5.91 Å². The molecule has 0 bridgehead atoms. The Kier molecular flexibility index (Phi) is 5.58. The fraction of sp³-hybridized carbons (Fsp3) is 0.409. The van der Waals surface area contributed by atoms with Crippen LogP contribution in [0.3, 0.4) is 0 Å². The standard InChI is InChI=1S/C22H26N2O3/c25-22(10-8-17-7-9-20-21(13-17)27-16-26-20)23-14-18-3-5-19(6-4-18)15-24-11-1-2-12-24/h3-7,9,13H,1-2,8,10-12,14-16H2,(H,23,25). The molecule has 2 aliphatic rings. The Hall–Kier alpha value is -2.53. The van der Waals surface area contributed by atoms with Crippen LogP contribution in [0.5, 0.6) is 11.5 Å². The Morgan fingerprint density at radius 1 is 0.926 bits per heavy atom. The van der Waals surface area contributed by atoms with Crippen LogP contribution in [0.4, 0.5) is 0 Å². The zero-order valence-corrected chi connectivity index (χ0v) is 15.6. The minimum Gasteiger partial charge on any atom is -0.454 e. The van der Waals surface area contributed by atoms with Gasteiger partial charge in [0.05, 0.1) is 0 Å². The zero-order chi connectivity index (χ0) is 18.5. The monoisotopic (exact) mass is 366 g/mol. The highest BCUT2D eigenvalue weighted by Gasteiger charge is 2.14. The van der Waals surface area contributed by atoms with Crippen LogP contribution >= 0.6 is 0 Å². The van der Waals surface area contributed by atoms with Gasteiger partial charge in [-0.3, -0.25) is 9.69 Å². The third-order valence-corrected chi connectivity index (χ3v) is 5.20. The highest BCUT2D eigenvalue weighted by atomic mass is 16.7. The van der Waals surface area contributed by atoms with E-state index in [4.69, 9.17) is 9.47 Å². The summed E-state index contributed by atoms with van der Waals surface area (Å²) in [5.41, 5.74) is 3.56. The van der Waals surface area contributed by atoms with Crippen LogP contribution in [0, 0.1) is 0 Å². The highest BCUT2D eigenvalue weighted by molar-refractivity contribution is 5.76. The quantitative estimate of drug-likeness (QED) is 0.817. The minimum absolute atomic E-state index is 0.0637. The lowest BCUT2D eigenvalue weighted by molar-refractivity contribution is -0.121. The smallest absolute Gasteiger partial charge is 0.231 e. The molecular weight excluding hydrogens is 340 g/mol. The second kappa shape index (κ2) is 8.44. The molecule has 1 amide bonds. The number of fused-ring (bicyclic) bond motifs is 1. The van der Waals surface area contributed by atoms with Gasteiger partial charge in [-0.25, -0.2) is 0 Å². The Morgan fingerprint density at radius 3 is 2.44 bits per heavy atom. The molecule has 0 saturated carbocycles. The van der Waals surface area contributed by atoms with Gasteiger partial charge in [0, 0.05) is 19.5 Å². The predicted octanol–water partition coefficient (Wildman–Crippen LogP) is 3.26. The van der Waals surface area contributed by atoms with Crippen molar-refractivity contribution in [2.24, 2.45) is 0 Å². The summed E-state index contributed by atoms with van der Waals surface area (Å²) >= 11 is 0. The van der Waals surface area contributed by atoms with Gasteiger partial charge >= 0.3 is 0 Å². The number of benzene rings is 2. The van der Waals surface area contributed by atoms with Gasteiger partial charge in [0.25, 0.3) is 0 Å². The van der Waals surface area contributed by atoms with E-state index in [9.17, 15) is 4.79 Å². The van der Waals surface area contributed by atoms with Gasteiger partial charge in [-0.15, -0.1) is 0 Å². The van der Waals surface area contributed by atoms with E-state index in [-0.39, 0.29) is 12.7 Å². The average molecular weight is 366 g/mol.